The Labute approximate surface area is 169 Å². The first-order valence-electron chi connectivity index (χ1n) is 9.44. The number of ketones is 1. The molecule has 0 aliphatic carbocycles. The van der Waals surface area contributed by atoms with Crippen LogP contribution in [0.15, 0.2) is 83.9 Å². The average Bonchev–Trinajstić information content (AvgIpc) is 2.85. The third-order valence-electron chi connectivity index (χ3n) is 4.93. The van der Waals surface area contributed by atoms with Crippen LogP contribution < -0.4 is 10.6 Å². The van der Waals surface area contributed by atoms with Crippen molar-refractivity contribution in [3.05, 3.63) is 101 Å². The molecule has 29 heavy (non-hydrogen) atoms. The summed E-state index contributed by atoms with van der Waals surface area (Å²) in [5.74, 6) is -0.545. The lowest BCUT2D eigenvalue weighted by Gasteiger charge is -2.23. The van der Waals surface area contributed by atoms with Gasteiger partial charge < -0.3 is 10.6 Å². The van der Waals surface area contributed by atoms with E-state index in [1.165, 1.54) is 4.90 Å². The van der Waals surface area contributed by atoms with Crippen molar-refractivity contribution in [2.75, 3.05) is 11.4 Å². The van der Waals surface area contributed by atoms with Gasteiger partial charge in [-0.2, -0.15) is 0 Å². The van der Waals surface area contributed by atoms with Crippen LogP contribution in [0.2, 0.25) is 0 Å². The summed E-state index contributed by atoms with van der Waals surface area (Å²) in [5, 5.41) is 0. The standard InChI is InChI=1S/C24H21N3O2/c1-16-8-7-11-18(14-16)21(28)15-27-20-13-6-5-12-19(20)22(26-23(25)24(27)29)17-9-3-2-4-10-17/h2-14,23H,15,25H2,1H3. The van der Waals surface area contributed by atoms with E-state index in [4.69, 9.17) is 5.73 Å². The lowest BCUT2D eigenvalue weighted by molar-refractivity contribution is -0.119. The highest BCUT2D eigenvalue weighted by molar-refractivity contribution is 6.21. The molecule has 2 N–H and O–H groups in total. The van der Waals surface area contributed by atoms with Gasteiger partial charge in [-0.25, -0.2) is 0 Å². The SMILES string of the molecule is Cc1cccc(C(=O)CN2C(=O)C(N)N=C(c3ccccc3)c3ccccc32)c1. The molecule has 144 valence electrons. The fourth-order valence-corrected chi connectivity index (χ4v) is 3.49. The van der Waals surface area contributed by atoms with E-state index >= 15 is 0 Å². The van der Waals surface area contributed by atoms with Crippen molar-refractivity contribution in [1.82, 2.24) is 0 Å². The minimum absolute atomic E-state index is 0.0927. The predicted molar refractivity (Wildman–Crippen MR) is 114 cm³/mol. The summed E-state index contributed by atoms with van der Waals surface area (Å²) < 4.78 is 0. The zero-order valence-electron chi connectivity index (χ0n) is 16.1. The number of nitrogens with two attached hydrogens (primary N) is 1. The molecular formula is C24H21N3O2. The maximum absolute atomic E-state index is 13.1. The molecule has 5 nitrogen and oxygen atoms in total. The maximum atomic E-state index is 13.1. The molecule has 0 radical (unpaired) electrons. The highest BCUT2D eigenvalue weighted by Crippen LogP contribution is 2.28. The Hall–Kier alpha value is -3.57. The number of nitrogens with zero attached hydrogens (tertiary/aromatic N) is 2. The van der Waals surface area contributed by atoms with E-state index in [1.54, 1.807) is 6.07 Å². The molecule has 0 saturated carbocycles. The summed E-state index contributed by atoms with van der Waals surface area (Å²) in [7, 11) is 0. The second kappa shape index (κ2) is 7.81. The molecule has 1 aliphatic rings. The van der Waals surface area contributed by atoms with Crippen LogP contribution in [0, 0.1) is 6.92 Å². The van der Waals surface area contributed by atoms with Crippen LogP contribution in [0.1, 0.15) is 27.0 Å². The number of carbonyl (C=O) groups is 2. The van der Waals surface area contributed by atoms with E-state index in [0.29, 0.717) is 17.0 Å². The quantitative estimate of drug-likeness (QED) is 0.702. The van der Waals surface area contributed by atoms with Crippen LogP contribution in [-0.4, -0.2) is 30.1 Å². The number of carbonyl (C=O) groups excluding carboxylic acids is 2. The molecule has 3 aromatic rings. The minimum Gasteiger partial charge on any atom is -0.302 e. The number of aryl methyl sites for hydroxylation is 1. The third kappa shape index (κ3) is 3.73. The van der Waals surface area contributed by atoms with Gasteiger partial charge in [-0.1, -0.05) is 72.3 Å². The molecule has 3 aromatic carbocycles. The summed E-state index contributed by atoms with van der Waals surface area (Å²) in [6.45, 7) is 1.84. The number of rotatable bonds is 4. The summed E-state index contributed by atoms with van der Waals surface area (Å²) in [6.07, 6.45) is -1.08. The van der Waals surface area contributed by atoms with E-state index in [2.05, 4.69) is 4.99 Å². The van der Waals surface area contributed by atoms with Gasteiger partial charge in [0.1, 0.15) is 0 Å². The molecule has 1 amide bonds. The van der Waals surface area contributed by atoms with Gasteiger partial charge in [-0.05, 0) is 19.1 Å². The average molecular weight is 383 g/mol. The fraction of sp³-hybridized carbons (Fsp3) is 0.125. The van der Waals surface area contributed by atoms with Crippen LogP contribution in [0.5, 0.6) is 0 Å². The Morgan fingerprint density at radius 2 is 1.72 bits per heavy atom. The number of benzodiazepines with no additional fused rings is 1. The highest BCUT2D eigenvalue weighted by Gasteiger charge is 2.31. The Kier molecular flexibility index (Phi) is 5.06. The Morgan fingerprint density at radius 3 is 2.48 bits per heavy atom. The number of benzene rings is 3. The third-order valence-corrected chi connectivity index (χ3v) is 4.93. The molecule has 1 unspecified atom stereocenters. The summed E-state index contributed by atoms with van der Waals surface area (Å²) in [5.41, 5.74) is 10.6. The highest BCUT2D eigenvalue weighted by atomic mass is 16.2. The molecule has 1 heterocycles. The van der Waals surface area contributed by atoms with Crippen LogP contribution in [0.3, 0.4) is 0 Å². The molecule has 1 aliphatic heterocycles. The van der Waals surface area contributed by atoms with Gasteiger partial charge in [0.2, 0.25) is 0 Å². The number of fused-ring (bicyclic) bond motifs is 1. The van der Waals surface area contributed by atoms with Gasteiger partial charge in [-0.15, -0.1) is 0 Å². The number of aliphatic imine (C=N–C) groups is 1. The largest absolute Gasteiger partial charge is 0.302 e. The van der Waals surface area contributed by atoms with E-state index in [9.17, 15) is 9.59 Å². The van der Waals surface area contributed by atoms with Crippen molar-refractivity contribution in [2.45, 2.75) is 13.1 Å². The molecule has 0 spiro atoms. The monoisotopic (exact) mass is 383 g/mol. The van der Waals surface area contributed by atoms with Gasteiger partial charge in [0.25, 0.3) is 5.91 Å². The van der Waals surface area contributed by atoms with Crippen LogP contribution in [-0.2, 0) is 4.79 Å². The first kappa shape index (κ1) is 18.8. The normalized spacial score (nSPS) is 16.1. The van der Waals surface area contributed by atoms with Gasteiger partial charge in [0.15, 0.2) is 11.9 Å². The number of hydrogen-bond donors (Lipinski definition) is 1. The summed E-state index contributed by atoms with van der Waals surface area (Å²) in [4.78, 5) is 31.9. The lowest BCUT2D eigenvalue weighted by Crippen LogP contribution is -2.44. The number of anilines is 1. The van der Waals surface area contributed by atoms with Crippen LogP contribution in [0.4, 0.5) is 5.69 Å². The molecular weight excluding hydrogens is 362 g/mol. The zero-order chi connectivity index (χ0) is 20.4. The van der Waals surface area contributed by atoms with Crippen molar-refractivity contribution >= 4 is 23.1 Å². The number of Topliss-reactive ketones (excluding diaryl/α,β-unsaturated/α-hetero) is 1. The van der Waals surface area contributed by atoms with Crippen molar-refractivity contribution < 1.29 is 9.59 Å². The van der Waals surface area contributed by atoms with Crippen molar-refractivity contribution in [2.24, 2.45) is 10.7 Å². The molecule has 0 saturated heterocycles. The number of hydrogen-bond acceptors (Lipinski definition) is 4. The smallest absolute Gasteiger partial charge is 0.266 e. The first-order chi connectivity index (χ1) is 14.0. The predicted octanol–water partition coefficient (Wildman–Crippen LogP) is 3.35. The zero-order valence-corrected chi connectivity index (χ0v) is 16.1. The molecule has 0 aromatic heterocycles. The van der Waals surface area contributed by atoms with Crippen molar-refractivity contribution in [3.63, 3.8) is 0 Å². The van der Waals surface area contributed by atoms with Gasteiger partial charge in [-0.3, -0.25) is 14.6 Å². The second-order valence-electron chi connectivity index (χ2n) is 7.02. The van der Waals surface area contributed by atoms with Gasteiger partial charge in [0, 0.05) is 16.7 Å². The van der Waals surface area contributed by atoms with E-state index < -0.39 is 12.1 Å². The maximum Gasteiger partial charge on any atom is 0.266 e. The van der Waals surface area contributed by atoms with Crippen LogP contribution in [0.25, 0.3) is 0 Å². The first-order valence-corrected chi connectivity index (χ1v) is 9.44. The molecule has 5 heteroatoms. The fourth-order valence-electron chi connectivity index (χ4n) is 3.49. The Balaban J connectivity index is 1.77. The minimum atomic E-state index is -1.08. The lowest BCUT2D eigenvalue weighted by atomic mass is 10.00. The van der Waals surface area contributed by atoms with Crippen molar-refractivity contribution in [3.8, 4) is 0 Å². The molecule has 0 fully saturated rings. The summed E-state index contributed by atoms with van der Waals surface area (Å²) >= 11 is 0. The summed E-state index contributed by atoms with van der Waals surface area (Å²) in [6, 6.07) is 24.4. The molecule has 4 rings (SSSR count). The van der Waals surface area contributed by atoms with Gasteiger partial charge >= 0.3 is 0 Å². The topological polar surface area (TPSA) is 75.8 Å². The second-order valence-corrected chi connectivity index (χ2v) is 7.02. The number of para-hydroxylation sites is 1. The van der Waals surface area contributed by atoms with Crippen molar-refractivity contribution in [1.29, 1.82) is 0 Å². The van der Waals surface area contributed by atoms with E-state index in [1.807, 2.05) is 79.7 Å². The molecule has 1 atom stereocenters. The molecule has 0 bridgehead atoms. The van der Waals surface area contributed by atoms with Crippen LogP contribution >= 0.6 is 0 Å². The Bertz CT molecular complexity index is 1110. The number of amides is 1. The van der Waals surface area contributed by atoms with E-state index in [0.717, 1.165) is 16.7 Å². The Morgan fingerprint density at radius 1 is 1.00 bits per heavy atom. The van der Waals surface area contributed by atoms with E-state index in [-0.39, 0.29) is 12.3 Å². The van der Waals surface area contributed by atoms with Gasteiger partial charge in [0.05, 0.1) is 17.9 Å².